The highest BCUT2D eigenvalue weighted by Gasteiger charge is 2.64. The van der Waals surface area contributed by atoms with Crippen LogP contribution in [0.3, 0.4) is 0 Å². The fraction of sp³-hybridized carbons (Fsp3) is 0.880. The number of carbonyl (C=O) groups excluding carboxylic acids is 1. The molecule has 28 heavy (non-hydrogen) atoms. The number of hydrogen-bond donors (Lipinski definition) is 0. The second kappa shape index (κ2) is 5.94. The molecule has 6 atom stereocenters. The highest BCUT2D eigenvalue weighted by Crippen LogP contribution is 2.69. The van der Waals surface area contributed by atoms with Gasteiger partial charge in [-0.15, -0.1) is 0 Å². The van der Waals surface area contributed by atoms with Crippen LogP contribution in [0.4, 0.5) is 0 Å². The van der Waals surface area contributed by atoms with Crippen molar-refractivity contribution in [1.82, 2.24) is 0 Å². The predicted molar refractivity (Wildman–Crippen MR) is 110 cm³/mol. The molecule has 3 unspecified atom stereocenters. The summed E-state index contributed by atoms with van der Waals surface area (Å²) in [4.78, 5) is 12.7. The van der Waals surface area contributed by atoms with E-state index in [1.165, 1.54) is 31.3 Å². The van der Waals surface area contributed by atoms with Crippen molar-refractivity contribution in [3.63, 3.8) is 0 Å². The Labute approximate surface area is 170 Å². The first kappa shape index (κ1) is 19.3. The van der Waals surface area contributed by atoms with Crippen LogP contribution in [0.1, 0.15) is 79.6 Å². The van der Waals surface area contributed by atoms with E-state index in [-0.39, 0.29) is 16.6 Å². The number of Topliss-reactive ketones (excluding diaryl/α,β-unsaturated/α-hetero) is 1. The maximum absolute atomic E-state index is 12.7. The van der Waals surface area contributed by atoms with Gasteiger partial charge in [0.2, 0.25) is 0 Å². The molecule has 3 saturated carbocycles. The summed E-state index contributed by atoms with van der Waals surface area (Å²) in [7, 11) is 0. The van der Waals surface area contributed by atoms with Crippen LogP contribution in [0.2, 0.25) is 0 Å². The van der Waals surface area contributed by atoms with Crippen molar-refractivity contribution in [2.45, 2.75) is 85.4 Å². The van der Waals surface area contributed by atoms with Crippen LogP contribution in [-0.2, 0) is 14.3 Å². The number of rotatable bonds is 1. The molecule has 3 heteroatoms. The molecular weight excluding hydrogens is 348 g/mol. The molecule has 156 valence electrons. The first-order chi connectivity index (χ1) is 13.1. The zero-order chi connectivity index (χ0) is 19.9. The summed E-state index contributed by atoms with van der Waals surface area (Å²) in [6, 6.07) is 0. The minimum absolute atomic E-state index is 0.212. The van der Waals surface area contributed by atoms with Crippen LogP contribution < -0.4 is 0 Å². The van der Waals surface area contributed by atoms with Crippen LogP contribution in [0, 0.1) is 39.9 Å². The topological polar surface area (TPSA) is 35.5 Å². The normalized spacial score (nSPS) is 49.2. The average Bonchev–Trinajstić information content (AvgIpc) is 3.22. The van der Waals surface area contributed by atoms with Crippen molar-refractivity contribution in [2.24, 2.45) is 39.9 Å². The van der Waals surface area contributed by atoms with Gasteiger partial charge in [-0.05, 0) is 87.9 Å². The number of ketones is 1. The Hall–Kier alpha value is -0.670. The standard InChI is InChI=1S/C25H38O3/c1-22(2)19-8-6-16-17-7-9-20(25(5)27-14-15-28-25)24(17,4)12-10-18(16)23(19,3)13-11-21(22)26/h8,16-18,20H,6-7,9-15H2,1-5H3/t16?,17?,18?,20-,23+,24-/m0/s1. The largest absolute Gasteiger partial charge is 0.348 e. The van der Waals surface area contributed by atoms with Crippen molar-refractivity contribution in [2.75, 3.05) is 13.2 Å². The van der Waals surface area contributed by atoms with Gasteiger partial charge in [0, 0.05) is 17.8 Å². The maximum atomic E-state index is 12.7. The van der Waals surface area contributed by atoms with Gasteiger partial charge in [-0.1, -0.05) is 25.5 Å². The van der Waals surface area contributed by atoms with Gasteiger partial charge in [0.1, 0.15) is 5.78 Å². The van der Waals surface area contributed by atoms with Crippen LogP contribution in [-0.4, -0.2) is 24.8 Å². The molecule has 0 bridgehead atoms. The van der Waals surface area contributed by atoms with Gasteiger partial charge in [-0.3, -0.25) is 4.79 Å². The number of ether oxygens (including phenoxy) is 2. The van der Waals surface area contributed by atoms with Gasteiger partial charge in [0.25, 0.3) is 0 Å². The summed E-state index contributed by atoms with van der Waals surface area (Å²) in [5.41, 5.74) is 1.73. The molecule has 3 nitrogen and oxygen atoms in total. The van der Waals surface area contributed by atoms with Crippen molar-refractivity contribution in [3.8, 4) is 0 Å². The van der Waals surface area contributed by atoms with E-state index < -0.39 is 0 Å². The average molecular weight is 387 g/mol. The lowest BCUT2D eigenvalue weighted by Crippen LogP contribution is -2.55. The monoisotopic (exact) mass is 386 g/mol. The lowest BCUT2D eigenvalue weighted by atomic mass is 9.44. The predicted octanol–water partition coefficient (Wildman–Crippen LogP) is 5.53. The van der Waals surface area contributed by atoms with E-state index in [2.05, 4.69) is 40.7 Å². The van der Waals surface area contributed by atoms with Crippen LogP contribution in [0.25, 0.3) is 0 Å². The number of hydrogen-bond acceptors (Lipinski definition) is 3. The molecule has 4 aliphatic carbocycles. The summed E-state index contributed by atoms with van der Waals surface area (Å²) in [6.45, 7) is 13.1. The zero-order valence-electron chi connectivity index (χ0n) is 18.5. The van der Waals surface area contributed by atoms with E-state index >= 15 is 0 Å². The number of carbonyl (C=O) groups is 1. The Bertz CT molecular complexity index is 715. The third kappa shape index (κ3) is 2.32. The molecular formula is C25H38O3. The van der Waals surface area contributed by atoms with Crippen molar-refractivity contribution in [1.29, 1.82) is 0 Å². The van der Waals surface area contributed by atoms with E-state index in [0.29, 0.717) is 17.1 Å². The highest BCUT2D eigenvalue weighted by atomic mass is 16.7. The van der Waals surface area contributed by atoms with Crippen LogP contribution >= 0.6 is 0 Å². The smallest absolute Gasteiger partial charge is 0.169 e. The second-order valence-electron chi connectivity index (χ2n) is 11.6. The fourth-order valence-electron chi connectivity index (χ4n) is 8.81. The van der Waals surface area contributed by atoms with E-state index in [1.54, 1.807) is 0 Å². The van der Waals surface area contributed by atoms with Crippen molar-refractivity contribution in [3.05, 3.63) is 11.6 Å². The van der Waals surface area contributed by atoms with E-state index in [9.17, 15) is 4.79 Å². The Morgan fingerprint density at radius 2 is 1.64 bits per heavy atom. The summed E-state index contributed by atoms with van der Waals surface area (Å²) in [6.07, 6.45) is 10.6. The molecule has 0 aromatic heterocycles. The Kier molecular flexibility index (Phi) is 4.09. The Morgan fingerprint density at radius 1 is 0.929 bits per heavy atom. The van der Waals surface area contributed by atoms with E-state index in [0.717, 1.165) is 50.2 Å². The van der Waals surface area contributed by atoms with Gasteiger partial charge < -0.3 is 9.47 Å². The van der Waals surface area contributed by atoms with Crippen LogP contribution in [0.5, 0.6) is 0 Å². The minimum atomic E-state index is -0.380. The summed E-state index contributed by atoms with van der Waals surface area (Å²) >= 11 is 0. The SMILES string of the molecule is CC1(C)C(=O)CC[C@@]2(C)C1=CCC1C2CC[C@@]2(C)C1CC[C@@H]2C1(C)OCCO1. The van der Waals surface area contributed by atoms with Gasteiger partial charge in [0.15, 0.2) is 5.79 Å². The first-order valence-electron chi connectivity index (χ1n) is 11.7. The zero-order valence-corrected chi connectivity index (χ0v) is 18.5. The van der Waals surface area contributed by atoms with E-state index in [1.807, 2.05) is 0 Å². The van der Waals surface area contributed by atoms with Crippen molar-refractivity contribution < 1.29 is 14.3 Å². The summed E-state index contributed by atoms with van der Waals surface area (Å²) < 4.78 is 12.3. The molecule has 1 saturated heterocycles. The Morgan fingerprint density at radius 3 is 2.36 bits per heavy atom. The number of allylic oxidation sites excluding steroid dienone is 2. The quantitative estimate of drug-likeness (QED) is 0.556. The lowest BCUT2D eigenvalue weighted by Gasteiger charge is -2.60. The van der Waals surface area contributed by atoms with Gasteiger partial charge >= 0.3 is 0 Å². The molecule has 0 radical (unpaired) electrons. The molecule has 1 heterocycles. The molecule has 0 amide bonds. The second-order valence-corrected chi connectivity index (χ2v) is 11.6. The van der Waals surface area contributed by atoms with E-state index in [4.69, 9.17) is 9.47 Å². The van der Waals surface area contributed by atoms with Gasteiger partial charge in [-0.25, -0.2) is 0 Å². The third-order valence-electron chi connectivity index (χ3n) is 10.2. The molecule has 5 aliphatic rings. The molecule has 0 aromatic rings. The maximum Gasteiger partial charge on any atom is 0.169 e. The van der Waals surface area contributed by atoms with Gasteiger partial charge in [-0.2, -0.15) is 0 Å². The van der Waals surface area contributed by atoms with Crippen molar-refractivity contribution >= 4 is 5.78 Å². The summed E-state index contributed by atoms with van der Waals surface area (Å²) in [5, 5.41) is 0. The lowest BCUT2D eigenvalue weighted by molar-refractivity contribution is -0.214. The molecule has 0 aromatic carbocycles. The number of fused-ring (bicyclic) bond motifs is 5. The first-order valence-corrected chi connectivity index (χ1v) is 11.7. The third-order valence-corrected chi connectivity index (χ3v) is 10.2. The minimum Gasteiger partial charge on any atom is -0.348 e. The van der Waals surface area contributed by atoms with Gasteiger partial charge in [0.05, 0.1) is 13.2 Å². The molecule has 5 rings (SSSR count). The fourth-order valence-corrected chi connectivity index (χ4v) is 8.81. The molecule has 4 fully saturated rings. The molecule has 0 spiro atoms. The highest BCUT2D eigenvalue weighted by molar-refractivity contribution is 5.89. The van der Waals surface area contributed by atoms with Crippen LogP contribution in [0.15, 0.2) is 11.6 Å². The summed E-state index contributed by atoms with van der Waals surface area (Å²) in [5.74, 6) is 2.82. The molecule has 1 aliphatic heterocycles. The Balaban J connectivity index is 1.49. The molecule has 0 N–H and O–H groups in total.